The van der Waals surface area contributed by atoms with E-state index in [1.165, 1.54) is 0 Å². The zero-order chi connectivity index (χ0) is 21.2. The zero-order valence-corrected chi connectivity index (χ0v) is 18.4. The van der Waals surface area contributed by atoms with Crippen molar-refractivity contribution in [1.29, 1.82) is 0 Å². The summed E-state index contributed by atoms with van der Waals surface area (Å²) in [5.41, 5.74) is 1.80. The van der Waals surface area contributed by atoms with Crippen LogP contribution in [0.2, 0.25) is 0 Å². The van der Waals surface area contributed by atoms with Crippen molar-refractivity contribution in [2.24, 2.45) is 4.99 Å². The van der Waals surface area contributed by atoms with Gasteiger partial charge >= 0.3 is 0 Å². The lowest BCUT2D eigenvalue weighted by atomic mass is 10.1. The van der Waals surface area contributed by atoms with Gasteiger partial charge in [-0.2, -0.15) is 0 Å². The Morgan fingerprint density at radius 3 is 2.73 bits per heavy atom. The third-order valence-electron chi connectivity index (χ3n) is 5.10. The number of likely N-dealkylation sites (tertiary alicyclic amines) is 1. The van der Waals surface area contributed by atoms with E-state index in [4.69, 9.17) is 14.1 Å². The molecule has 0 bridgehead atoms. The Bertz CT molecular complexity index is 767. The van der Waals surface area contributed by atoms with Crippen molar-refractivity contribution < 1.29 is 9.15 Å². The highest BCUT2D eigenvalue weighted by atomic mass is 16.5. The third-order valence-corrected chi connectivity index (χ3v) is 5.10. The Morgan fingerprint density at radius 2 is 2.03 bits per heavy atom. The fourth-order valence-corrected chi connectivity index (χ4v) is 3.48. The molecule has 1 saturated heterocycles. The molecule has 0 atom stereocenters. The van der Waals surface area contributed by atoms with Crippen LogP contribution in [0.4, 0.5) is 0 Å². The number of rotatable bonds is 9. The van der Waals surface area contributed by atoms with Crippen LogP contribution in [0.1, 0.15) is 39.3 Å². The highest BCUT2D eigenvalue weighted by Gasteiger charge is 2.20. The second-order valence-electron chi connectivity index (χ2n) is 7.88. The van der Waals surface area contributed by atoms with Crippen LogP contribution < -0.4 is 10.6 Å². The van der Waals surface area contributed by atoms with Crippen LogP contribution in [-0.4, -0.2) is 60.8 Å². The van der Waals surface area contributed by atoms with E-state index in [0.717, 1.165) is 62.8 Å². The number of nitrogens with one attached hydrogen (secondary N) is 2. The maximum Gasteiger partial charge on any atom is 0.226 e. The maximum atomic E-state index is 5.67. The fraction of sp³-hybridized carbons (Fsp3) is 0.565. The Hall–Kier alpha value is -2.38. The van der Waals surface area contributed by atoms with Crippen molar-refractivity contribution in [3.8, 4) is 11.5 Å². The van der Waals surface area contributed by atoms with Gasteiger partial charge in [-0.3, -0.25) is 0 Å². The van der Waals surface area contributed by atoms with Crippen LogP contribution in [0.5, 0.6) is 0 Å². The first-order chi connectivity index (χ1) is 14.6. The van der Waals surface area contributed by atoms with Crippen molar-refractivity contribution in [3.05, 3.63) is 42.3 Å². The third kappa shape index (κ3) is 7.15. The van der Waals surface area contributed by atoms with Crippen LogP contribution >= 0.6 is 0 Å². The van der Waals surface area contributed by atoms with E-state index in [2.05, 4.69) is 41.3 Å². The number of oxazole rings is 1. The number of benzene rings is 1. The molecule has 2 heterocycles. The summed E-state index contributed by atoms with van der Waals surface area (Å²) in [5.74, 6) is 1.47. The first-order valence-electron chi connectivity index (χ1n) is 11.0. The summed E-state index contributed by atoms with van der Waals surface area (Å²) in [7, 11) is 0. The van der Waals surface area contributed by atoms with Gasteiger partial charge in [-0.15, -0.1) is 0 Å². The lowest BCUT2D eigenvalue weighted by molar-refractivity contribution is 0.0532. The molecule has 1 aliphatic rings. The average molecular weight is 414 g/mol. The number of aromatic nitrogens is 1. The second kappa shape index (κ2) is 11.7. The van der Waals surface area contributed by atoms with Gasteiger partial charge < -0.3 is 24.7 Å². The van der Waals surface area contributed by atoms with Gasteiger partial charge in [-0.05, 0) is 45.7 Å². The number of nitrogens with zero attached hydrogens (tertiary/aromatic N) is 3. The van der Waals surface area contributed by atoms with Crippen molar-refractivity contribution in [2.75, 3.05) is 32.8 Å². The molecule has 7 nitrogen and oxygen atoms in total. The minimum Gasteiger partial charge on any atom is -0.444 e. The number of piperidine rings is 1. The summed E-state index contributed by atoms with van der Waals surface area (Å²) < 4.78 is 11.3. The maximum absolute atomic E-state index is 5.67. The van der Waals surface area contributed by atoms with E-state index < -0.39 is 0 Å². The summed E-state index contributed by atoms with van der Waals surface area (Å²) in [4.78, 5) is 11.8. The highest BCUT2D eigenvalue weighted by molar-refractivity contribution is 5.80. The molecule has 0 unspecified atom stereocenters. The molecule has 0 saturated carbocycles. The Balaban J connectivity index is 1.48. The Labute approximate surface area is 179 Å². The standard InChI is InChI=1S/C23H35N5O2/c1-4-24-23(27-20-10-12-28(13-11-20)14-15-29-18(2)3)25-16-21-17-30-22(26-21)19-8-6-5-7-9-19/h5-9,17-18,20H,4,10-16H2,1-3H3,(H2,24,25,27). The van der Waals surface area contributed by atoms with E-state index in [1.54, 1.807) is 6.26 Å². The van der Waals surface area contributed by atoms with Crippen molar-refractivity contribution in [3.63, 3.8) is 0 Å². The number of hydrogen-bond acceptors (Lipinski definition) is 5. The molecular weight excluding hydrogens is 378 g/mol. The van der Waals surface area contributed by atoms with Crippen LogP contribution in [0.3, 0.4) is 0 Å². The van der Waals surface area contributed by atoms with Gasteiger partial charge in [0.15, 0.2) is 5.96 Å². The van der Waals surface area contributed by atoms with Crippen LogP contribution in [-0.2, 0) is 11.3 Å². The zero-order valence-electron chi connectivity index (χ0n) is 18.4. The predicted octanol–water partition coefficient (Wildman–Crippen LogP) is 3.29. The minimum atomic E-state index is 0.302. The van der Waals surface area contributed by atoms with Crippen LogP contribution in [0.15, 0.2) is 46.0 Å². The van der Waals surface area contributed by atoms with E-state index in [0.29, 0.717) is 24.6 Å². The summed E-state index contributed by atoms with van der Waals surface area (Å²) in [6.45, 7) is 11.5. The quantitative estimate of drug-likeness (QED) is 0.485. The Morgan fingerprint density at radius 1 is 1.27 bits per heavy atom. The van der Waals surface area contributed by atoms with Gasteiger partial charge in [0.1, 0.15) is 12.0 Å². The molecule has 1 aliphatic heterocycles. The molecule has 3 rings (SSSR count). The smallest absolute Gasteiger partial charge is 0.226 e. The van der Waals surface area contributed by atoms with Gasteiger partial charge in [0, 0.05) is 37.8 Å². The molecule has 1 fully saturated rings. The molecule has 164 valence electrons. The molecule has 2 aromatic rings. The van der Waals surface area contributed by atoms with Crippen molar-refractivity contribution in [1.82, 2.24) is 20.5 Å². The predicted molar refractivity (Wildman–Crippen MR) is 120 cm³/mol. The first kappa shape index (κ1) is 22.3. The van der Waals surface area contributed by atoms with E-state index in [9.17, 15) is 0 Å². The largest absolute Gasteiger partial charge is 0.444 e. The molecule has 0 aliphatic carbocycles. The lowest BCUT2D eigenvalue weighted by Gasteiger charge is -2.33. The molecular formula is C23H35N5O2. The van der Waals surface area contributed by atoms with E-state index >= 15 is 0 Å². The monoisotopic (exact) mass is 413 g/mol. The molecule has 0 radical (unpaired) electrons. The fourth-order valence-electron chi connectivity index (χ4n) is 3.48. The molecule has 1 aromatic heterocycles. The topological polar surface area (TPSA) is 74.9 Å². The summed E-state index contributed by atoms with van der Waals surface area (Å²) >= 11 is 0. The van der Waals surface area contributed by atoms with Gasteiger partial charge in [-0.25, -0.2) is 9.98 Å². The summed E-state index contributed by atoms with van der Waals surface area (Å²) in [6.07, 6.45) is 4.20. The molecule has 0 amide bonds. The number of hydrogen-bond donors (Lipinski definition) is 2. The van der Waals surface area contributed by atoms with Gasteiger partial charge in [0.05, 0.1) is 19.3 Å². The van der Waals surface area contributed by atoms with Gasteiger partial charge in [0.2, 0.25) is 5.89 Å². The van der Waals surface area contributed by atoms with E-state index in [-0.39, 0.29) is 0 Å². The number of ether oxygens (including phenoxy) is 1. The molecule has 2 N–H and O–H groups in total. The van der Waals surface area contributed by atoms with Crippen LogP contribution in [0.25, 0.3) is 11.5 Å². The lowest BCUT2D eigenvalue weighted by Crippen LogP contribution is -2.49. The Kier molecular flexibility index (Phi) is 8.71. The molecule has 0 spiro atoms. The second-order valence-corrected chi connectivity index (χ2v) is 7.88. The molecule has 1 aromatic carbocycles. The van der Waals surface area contributed by atoms with E-state index in [1.807, 2.05) is 30.3 Å². The van der Waals surface area contributed by atoms with Gasteiger partial charge in [0.25, 0.3) is 0 Å². The minimum absolute atomic E-state index is 0.302. The van der Waals surface area contributed by atoms with Crippen molar-refractivity contribution in [2.45, 2.75) is 52.3 Å². The molecule has 30 heavy (non-hydrogen) atoms. The normalized spacial score (nSPS) is 16.2. The summed E-state index contributed by atoms with van der Waals surface area (Å²) in [6, 6.07) is 10.4. The van der Waals surface area contributed by atoms with Crippen LogP contribution in [0, 0.1) is 0 Å². The number of aliphatic imine (C=N–C) groups is 1. The average Bonchev–Trinajstić information content (AvgIpc) is 3.23. The molecule has 7 heteroatoms. The summed E-state index contributed by atoms with van der Waals surface area (Å²) in [5, 5.41) is 6.93. The number of guanidine groups is 1. The highest BCUT2D eigenvalue weighted by Crippen LogP contribution is 2.18. The first-order valence-corrected chi connectivity index (χ1v) is 11.0. The SMILES string of the molecule is CCNC(=NCc1coc(-c2ccccc2)n1)NC1CCN(CCOC(C)C)CC1. The van der Waals surface area contributed by atoms with Crippen molar-refractivity contribution >= 4 is 5.96 Å². The van der Waals surface area contributed by atoms with Gasteiger partial charge in [-0.1, -0.05) is 18.2 Å².